The Morgan fingerprint density at radius 3 is 2.87 bits per heavy atom. The van der Waals surface area contributed by atoms with E-state index >= 15 is 0 Å². The monoisotopic (exact) mass is 310 g/mol. The summed E-state index contributed by atoms with van der Waals surface area (Å²) in [6.07, 6.45) is 4.40. The molecule has 0 amide bonds. The van der Waals surface area contributed by atoms with Crippen molar-refractivity contribution >= 4 is 16.9 Å². The zero-order valence-corrected chi connectivity index (χ0v) is 13.4. The zero-order chi connectivity index (χ0) is 16.2. The highest BCUT2D eigenvalue weighted by molar-refractivity contribution is 5.89. The number of nitrogens with zero attached hydrogens (tertiary/aromatic N) is 1. The second-order valence-electron chi connectivity index (χ2n) is 6.04. The average molecular weight is 310 g/mol. The first kappa shape index (κ1) is 15.5. The Morgan fingerprint density at radius 1 is 1.26 bits per heavy atom. The van der Waals surface area contributed by atoms with Gasteiger partial charge in [-0.15, -0.1) is 0 Å². The van der Waals surface area contributed by atoms with Crippen LogP contribution in [0.1, 0.15) is 37.4 Å². The predicted octanol–water partition coefficient (Wildman–Crippen LogP) is 3.45. The van der Waals surface area contributed by atoms with E-state index in [0.29, 0.717) is 18.4 Å². The van der Waals surface area contributed by atoms with E-state index in [2.05, 4.69) is 23.3 Å². The number of para-hydroxylation sites is 1. The first-order valence-electron chi connectivity index (χ1n) is 8.25. The number of fused-ring (bicyclic) bond motifs is 2. The molecule has 1 aromatic carbocycles. The summed E-state index contributed by atoms with van der Waals surface area (Å²) in [5.74, 6) is -0.844. The Bertz CT molecular complexity index is 765. The minimum absolute atomic E-state index is 0.394. The molecule has 23 heavy (non-hydrogen) atoms. The number of carboxylic acids is 1. The third-order valence-corrected chi connectivity index (χ3v) is 4.35. The summed E-state index contributed by atoms with van der Waals surface area (Å²) in [4.78, 5) is 16.3. The lowest BCUT2D eigenvalue weighted by molar-refractivity contribution is -0.132. The van der Waals surface area contributed by atoms with Gasteiger partial charge in [-0.2, -0.15) is 0 Å². The molecule has 3 rings (SSSR count). The third kappa shape index (κ3) is 3.36. The largest absolute Gasteiger partial charge is 0.478 e. The van der Waals surface area contributed by atoms with Crippen LogP contribution in [0.5, 0.6) is 0 Å². The second-order valence-corrected chi connectivity index (χ2v) is 6.04. The van der Waals surface area contributed by atoms with Crippen LogP contribution in [0.25, 0.3) is 10.9 Å². The molecule has 4 nitrogen and oxygen atoms in total. The highest BCUT2D eigenvalue weighted by Crippen LogP contribution is 2.27. The molecule has 1 aliphatic carbocycles. The van der Waals surface area contributed by atoms with Crippen LogP contribution in [-0.2, 0) is 17.6 Å². The zero-order valence-electron chi connectivity index (χ0n) is 13.4. The molecule has 0 saturated heterocycles. The van der Waals surface area contributed by atoms with Crippen molar-refractivity contribution in [1.82, 2.24) is 10.3 Å². The van der Waals surface area contributed by atoms with Crippen LogP contribution in [0.3, 0.4) is 0 Å². The van der Waals surface area contributed by atoms with Crippen molar-refractivity contribution in [3.05, 3.63) is 52.9 Å². The van der Waals surface area contributed by atoms with E-state index in [1.807, 2.05) is 24.3 Å². The Morgan fingerprint density at radius 2 is 2.09 bits per heavy atom. The van der Waals surface area contributed by atoms with Crippen molar-refractivity contribution in [2.45, 2.75) is 39.0 Å². The Kier molecular flexibility index (Phi) is 4.60. The van der Waals surface area contributed by atoms with E-state index in [4.69, 9.17) is 0 Å². The smallest absolute Gasteiger partial charge is 0.333 e. The lowest BCUT2D eigenvalue weighted by Gasteiger charge is -2.22. The summed E-state index contributed by atoms with van der Waals surface area (Å²) < 4.78 is 0. The maximum absolute atomic E-state index is 11.6. The van der Waals surface area contributed by atoms with Crippen molar-refractivity contribution < 1.29 is 9.90 Å². The molecule has 120 valence electrons. The second kappa shape index (κ2) is 6.82. The van der Waals surface area contributed by atoms with Gasteiger partial charge in [0, 0.05) is 36.2 Å². The van der Waals surface area contributed by atoms with Gasteiger partial charge in [0.2, 0.25) is 0 Å². The Labute approximate surface area is 136 Å². The number of benzene rings is 1. The van der Waals surface area contributed by atoms with Crippen molar-refractivity contribution in [3.8, 4) is 0 Å². The number of unbranched alkanes of at least 4 members (excludes halogenated alkanes) is 2. The molecule has 1 heterocycles. The lowest BCUT2D eigenvalue weighted by Crippen LogP contribution is -2.26. The molecule has 0 unspecified atom stereocenters. The number of carbonyl (C=O) groups is 1. The normalized spacial score (nSPS) is 14.0. The van der Waals surface area contributed by atoms with Gasteiger partial charge in [-0.05, 0) is 24.1 Å². The molecule has 1 aliphatic rings. The van der Waals surface area contributed by atoms with E-state index in [1.54, 1.807) is 0 Å². The molecule has 2 N–H and O–H groups in total. The topological polar surface area (TPSA) is 62.2 Å². The predicted molar refractivity (Wildman–Crippen MR) is 91.3 cm³/mol. The number of aliphatic carboxylic acids is 1. The number of rotatable bonds is 6. The maximum Gasteiger partial charge on any atom is 0.333 e. The number of hydrogen-bond acceptors (Lipinski definition) is 3. The van der Waals surface area contributed by atoms with Crippen LogP contribution in [0.4, 0.5) is 0 Å². The first-order valence-corrected chi connectivity index (χ1v) is 8.25. The van der Waals surface area contributed by atoms with Crippen molar-refractivity contribution in [2.75, 3.05) is 6.54 Å². The number of aromatic nitrogens is 1. The molecular formula is C19H22N2O2. The molecule has 2 aromatic rings. The van der Waals surface area contributed by atoms with E-state index in [9.17, 15) is 9.90 Å². The van der Waals surface area contributed by atoms with Crippen LogP contribution in [0, 0.1) is 0 Å². The maximum atomic E-state index is 11.6. The van der Waals surface area contributed by atoms with Gasteiger partial charge in [0.15, 0.2) is 0 Å². The van der Waals surface area contributed by atoms with E-state index in [-0.39, 0.29) is 0 Å². The molecule has 4 heteroatoms. The fourth-order valence-corrected chi connectivity index (χ4v) is 3.07. The number of carboxylic acid groups (broad SMARTS) is 1. The fraction of sp³-hybridized carbons (Fsp3) is 0.368. The highest BCUT2D eigenvalue weighted by Gasteiger charge is 2.24. The summed E-state index contributed by atoms with van der Waals surface area (Å²) in [6, 6.07) is 10.1. The minimum atomic E-state index is -0.844. The van der Waals surface area contributed by atoms with Crippen LogP contribution < -0.4 is 5.32 Å². The van der Waals surface area contributed by atoms with Gasteiger partial charge < -0.3 is 10.4 Å². The molecule has 0 bridgehead atoms. The van der Waals surface area contributed by atoms with Gasteiger partial charge in [-0.25, -0.2) is 4.79 Å². The van der Waals surface area contributed by atoms with E-state index < -0.39 is 5.97 Å². The van der Waals surface area contributed by atoms with Crippen molar-refractivity contribution in [2.24, 2.45) is 0 Å². The van der Waals surface area contributed by atoms with E-state index in [1.165, 1.54) is 0 Å². The fourth-order valence-electron chi connectivity index (χ4n) is 3.07. The summed E-state index contributed by atoms with van der Waals surface area (Å²) in [5.41, 5.74) is 4.25. The van der Waals surface area contributed by atoms with Crippen LogP contribution >= 0.6 is 0 Å². The molecule has 0 radical (unpaired) electrons. The lowest BCUT2D eigenvalue weighted by atomic mass is 9.91. The molecule has 0 saturated carbocycles. The quantitative estimate of drug-likeness (QED) is 0.802. The van der Waals surface area contributed by atoms with Gasteiger partial charge in [0.1, 0.15) is 0 Å². The first-order chi connectivity index (χ1) is 11.2. The van der Waals surface area contributed by atoms with Gasteiger partial charge in [0.25, 0.3) is 0 Å². The SMILES string of the molecule is CCCCCNC1=C(C(=O)O)Cc2nc3ccccc3cc2C1. The summed E-state index contributed by atoms with van der Waals surface area (Å²) >= 11 is 0. The molecule has 0 aliphatic heterocycles. The van der Waals surface area contributed by atoms with Crippen LogP contribution in [-0.4, -0.2) is 22.6 Å². The van der Waals surface area contributed by atoms with Gasteiger partial charge in [-0.3, -0.25) is 4.98 Å². The third-order valence-electron chi connectivity index (χ3n) is 4.35. The number of allylic oxidation sites excluding steroid dienone is 1. The number of pyridine rings is 1. The Balaban J connectivity index is 1.88. The summed E-state index contributed by atoms with van der Waals surface area (Å²) in [6.45, 7) is 2.99. The van der Waals surface area contributed by atoms with E-state index in [0.717, 1.165) is 53.7 Å². The van der Waals surface area contributed by atoms with Crippen LogP contribution in [0.15, 0.2) is 41.6 Å². The minimum Gasteiger partial charge on any atom is -0.478 e. The molecule has 0 spiro atoms. The number of hydrogen-bond donors (Lipinski definition) is 2. The standard InChI is InChI=1S/C19H22N2O2/c1-2-3-6-9-20-18-11-14-10-13-7-4-5-8-16(13)21-17(14)12-15(18)19(22)23/h4-5,7-8,10,20H,2-3,6,9,11-12H2,1H3,(H,22,23). The molecular weight excluding hydrogens is 288 g/mol. The molecule has 0 atom stereocenters. The van der Waals surface area contributed by atoms with Gasteiger partial charge in [0.05, 0.1) is 11.1 Å². The van der Waals surface area contributed by atoms with Crippen LogP contribution in [0.2, 0.25) is 0 Å². The highest BCUT2D eigenvalue weighted by atomic mass is 16.4. The summed E-state index contributed by atoms with van der Waals surface area (Å²) in [5, 5.41) is 14.0. The Hall–Kier alpha value is -2.36. The number of nitrogens with one attached hydrogen (secondary N) is 1. The van der Waals surface area contributed by atoms with Gasteiger partial charge in [-0.1, -0.05) is 38.0 Å². The van der Waals surface area contributed by atoms with Crippen molar-refractivity contribution in [3.63, 3.8) is 0 Å². The summed E-state index contributed by atoms with van der Waals surface area (Å²) in [7, 11) is 0. The molecule has 1 aromatic heterocycles. The molecule has 0 fully saturated rings. The van der Waals surface area contributed by atoms with Crippen molar-refractivity contribution in [1.29, 1.82) is 0 Å². The average Bonchev–Trinajstić information content (AvgIpc) is 2.56. The van der Waals surface area contributed by atoms with Gasteiger partial charge >= 0.3 is 5.97 Å².